The predicted molar refractivity (Wildman–Crippen MR) is 106 cm³/mol. The van der Waals surface area contributed by atoms with E-state index in [0.29, 0.717) is 37.2 Å². The molecule has 2 aromatic rings. The van der Waals surface area contributed by atoms with Crippen molar-refractivity contribution in [3.05, 3.63) is 69.8 Å². The number of nitrogens with one attached hydrogen (secondary N) is 1. The molecule has 1 unspecified atom stereocenters. The molecule has 6 nitrogen and oxygen atoms in total. The zero-order chi connectivity index (χ0) is 21.9. The SMILES string of the molecule is CC(NC(=O)C1CCN(c2ccccc2[N+](=O)[O-])CC1)c1ccc(C(F)(F)F)cc1. The molecule has 1 aliphatic rings. The lowest BCUT2D eigenvalue weighted by atomic mass is 9.94. The van der Waals surface area contributed by atoms with Crippen molar-refractivity contribution in [3.63, 3.8) is 0 Å². The molecule has 1 atom stereocenters. The zero-order valence-corrected chi connectivity index (χ0v) is 16.4. The first-order valence-electron chi connectivity index (χ1n) is 9.62. The lowest BCUT2D eigenvalue weighted by Crippen LogP contribution is -2.41. The van der Waals surface area contributed by atoms with Crippen molar-refractivity contribution in [2.24, 2.45) is 5.92 Å². The number of nitrogens with zero attached hydrogens (tertiary/aromatic N) is 2. The van der Waals surface area contributed by atoms with Crippen LogP contribution in [0.3, 0.4) is 0 Å². The highest BCUT2D eigenvalue weighted by Gasteiger charge is 2.31. The maximum absolute atomic E-state index is 12.7. The van der Waals surface area contributed by atoms with Crippen LogP contribution >= 0.6 is 0 Å². The van der Waals surface area contributed by atoms with Crippen LogP contribution in [0.2, 0.25) is 0 Å². The van der Waals surface area contributed by atoms with Crippen molar-refractivity contribution in [2.75, 3.05) is 18.0 Å². The Morgan fingerprint density at radius 3 is 2.30 bits per heavy atom. The Bertz CT molecular complexity index is 908. The van der Waals surface area contributed by atoms with Gasteiger partial charge in [-0.2, -0.15) is 13.2 Å². The minimum Gasteiger partial charge on any atom is -0.366 e. The van der Waals surface area contributed by atoms with E-state index in [9.17, 15) is 28.1 Å². The van der Waals surface area contributed by atoms with Crippen LogP contribution in [0, 0.1) is 16.0 Å². The third-order valence-electron chi connectivity index (χ3n) is 5.38. The van der Waals surface area contributed by atoms with E-state index in [2.05, 4.69) is 5.32 Å². The largest absolute Gasteiger partial charge is 0.416 e. The summed E-state index contributed by atoms with van der Waals surface area (Å²) in [5.41, 5.74) is 0.441. The smallest absolute Gasteiger partial charge is 0.366 e. The molecule has 0 aromatic heterocycles. The summed E-state index contributed by atoms with van der Waals surface area (Å²) >= 11 is 0. The van der Waals surface area contributed by atoms with E-state index in [0.717, 1.165) is 12.1 Å². The molecular formula is C21H22F3N3O3. The number of amides is 1. The third-order valence-corrected chi connectivity index (χ3v) is 5.38. The van der Waals surface area contributed by atoms with Crippen LogP contribution in [-0.4, -0.2) is 23.9 Å². The number of para-hydroxylation sites is 2. The Labute approximate surface area is 171 Å². The van der Waals surface area contributed by atoms with Gasteiger partial charge in [-0.15, -0.1) is 0 Å². The molecule has 1 N–H and O–H groups in total. The van der Waals surface area contributed by atoms with Gasteiger partial charge in [-0.05, 0) is 43.5 Å². The molecule has 0 aliphatic carbocycles. The van der Waals surface area contributed by atoms with Gasteiger partial charge in [0.15, 0.2) is 0 Å². The molecule has 0 radical (unpaired) electrons. The summed E-state index contributed by atoms with van der Waals surface area (Å²) in [7, 11) is 0. The van der Waals surface area contributed by atoms with Crippen molar-refractivity contribution < 1.29 is 22.9 Å². The monoisotopic (exact) mass is 421 g/mol. The fraction of sp³-hybridized carbons (Fsp3) is 0.381. The van der Waals surface area contributed by atoms with Crippen molar-refractivity contribution in [1.29, 1.82) is 0 Å². The Kier molecular flexibility index (Phi) is 6.28. The average molecular weight is 421 g/mol. The van der Waals surface area contributed by atoms with E-state index in [1.165, 1.54) is 18.2 Å². The lowest BCUT2D eigenvalue weighted by Gasteiger charge is -2.33. The highest BCUT2D eigenvalue weighted by molar-refractivity contribution is 5.79. The quantitative estimate of drug-likeness (QED) is 0.561. The second-order valence-electron chi connectivity index (χ2n) is 7.36. The summed E-state index contributed by atoms with van der Waals surface area (Å²) in [6.45, 7) is 2.75. The van der Waals surface area contributed by atoms with Crippen molar-refractivity contribution >= 4 is 17.3 Å². The standard InChI is InChI=1S/C21H22F3N3O3/c1-14(15-6-8-17(9-7-15)21(22,23)24)25-20(28)16-10-12-26(13-11-16)18-4-2-3-5-19(18)27(29)30/h2-9,14,16H,10-13H2,1H3,(H,25,28). The van der Waals surface area contributed by atoms with Gasteiger partial charge >= 0.3 is 6.18 Å². The molecule has 1 aliphatic heterocycles. The number of hydrogen-bond acceptors (Lipinski definition) is 4. The molecule has 0 saturated carbocycles. The Morgan fingerprint density at radius 2 is 1.73 bits per heavy atom. The molecule has 160 valence electrons. The van der Waals surface area contributed by atoms with Crippen LogP contribution in [0.15, 0.2) is 48.5 Å². The van der Waals surface area contributed by atoms with E-state index >= 15 is 0 Å². The number of nitro benzene ring substituents is 1. The first kappa shape index (κ1) is 21.6. The minimum absolute atomic E-state index is 0.0383. The number of halogens is 3. The molecule has 3 rings (SSSR count). The van der Waals surface area contributed by atoms with Crippen LogP contribution in [0.4, 0.5) is 24.5 Å². The number of piperidine rings is 1. The topological polar surface area (TPSA) is 75.5 Å². The Hall–Kier alpha value is -3.10. The van der Waals surface area contributed by atoms with Crippen LogP contribution in [-0.2, 0) is 11.0 Å². The highest BCUT2D eigenvalue weighted by atomic mass is 19.4. The second kappa shape index (κ2) is 8.73. The Morgan fingerprint density at radius 1 is 1.13 bits per heavy atom. The minimum atomic E-state index is -4.40. The summed E-state index contributed by atoms with van der Waals surface area (Å²) in [5, 5.41) is 14.1. The van der Waals surface area contributed by atoms with Gasteiger partial charge in [0.25, 0.3) is 5.69 Å². The van der Waals surface area contributed by atoms with Crippen molar-refractivity contribution in [1.82, 2.24) is 5.32 Å². The van der Waals surface area contributed by atoms with Gasteiger partial charge in [0.05, 0.1) is 16.5 Å². The predicted octanol–water partition coefficient (Wildman–Crippen LogP) is 4.71. The summed E-state index contributed by atoms with van der Waals surface area (Å²) in [4.78, 5) is 25.3. The van der Waals surface area contributed by atoms with Crippen molar-refractivity contribution in [2.45, 2.75) is 32.0 Å². The zero-order valence-electron chi connectivity index (χ0n) is 16.4. The van der Waals surface area contributed by atoms with Crippen LogP contribution in [0.1, 0.15) is 36.9 Å². The fourth-order valence-electron chi connectivity index (χ4n) is 3.64. The summed E-state index contributed by atoms with van der Waals surface area (Å²) in [6.07, 6.45) is -3.32. The van der Waals surface area contributed by atoms with Gasteiger partial charge in [-0.1, -0.05) is 24.3 Å². The molecule has 1 heterocycles. The maximum Gasteiger partial charge on any atom is 0.416 e. The number of hydrogen-bond donors (Lipinski definition) is 1. The van der Waals surface area contributed by atoms with Gasteiger partial charge in [0, 0.05) is 25.1 Å². The van der Waals surface area contributed by atoms with E-state index in [1.54, 1.807) is 25.1 Å². The van der Waals surface area contributed by atoms with Gasteiger partial charge in [0.1, 0.15) is 5.69 Å². The number of benzene rings is 2. The van der Waals surface area contributed by atoms with Crippen LogP contribution in [0.5, 0.6) is 0 Å². The van der Waals surface area contributed by atoms with Crippen LogP contribution in [0.25, 0.3) is 0 Å². The van der Waals surface area contributed by atoms with Gasteiger partial charge in [-0.3, -0.25) is 14.9 Å². The summed E-state index contributed by atoms with van der Waals surface area (Å²) < 4.78 is 38.1. The molecule has 9 heteroatoms. The van der Waals surface area contributed by atoms with E-state index in [4.69, 9.17) is 0 Å². The molecule has 0 bridgehead atoms. The maximum atomic E-state index is 12.7. The fourth-order valence-corrected chi connectivity index (χ4v) is 3.64. The van der Waals surface area contributed by atoms with E-state index in [1.807, 2.05) is 4.90 Å². The Balaban J connectivity index is 1.57. The average Bonchev–Trinajstić information content (AvgIpc) is 2.73. The van der Waals surface area contributed by atoms with Gasteiger partial charge in [-0.25, -0.2) is 0 Å². The molecule has 30 heavy (non-hydrogen) atoms. The number of carbonyl (C=O) groups excluding carboxylic acids is 1. The molecule has 1 amide bonds. The van der Waals surface area contributed by atoms with Gasteiger partial charge < -0.3 is 10.2 Å². The highest BCUT2D eigenvalue weighted by Crippen LogP contribution is 2.32. The summed E-state index contributed by atoms with van der Waals surface area (Å²) in [6, 6.07) is 10.8. The van der Waals surface area contributed by atoms with Crippen molar-refractivity contribution in [3.8, 4) is 0 Å². The number of anilines is 1. The molecular weight excluding hydrogens is 399 g/mol. The van der Waals surface area contributed by atoms with Gasteiger partial charge in [0.2, 0.25) is 5.91 Å². The first-order valence-corrected chi connectivity index (χ1v) is 9.62. The second-order valence-corrected chi connectivity index (χ2v) is 7.36. The molecule has 0 spiro atoms. The first-order chi connectivity index (χ1) is 14.2. The summed E-state index contributed by atoms with van der Waals surface area (Å²) in [5.74, 6) is -0.412. The normalized spacial score (nSPS) is 16.2. The molecule has 1 fully saturated rings. The molecule has 1 saturated heterocycles. The lowest BCUT2D eigenvalue weighted by molar-refractivity contribution is -0.384. The van der Waals surface area contributed by atoms with Crippen LogP contribution < -0.4 is 10.2 Å². The number of rotatable bonds is 5. The number of alkyl halides is 3. The number of nitro groups is 1. The number of carbonyl (C=O) groups is 1. The van der Waals surface area contributed by atoms with E-state index in [-0.39, 0.29) is 17.5 Å². The van der Waals surface area contributed by atoms with E-state index < -0.39 is 22.7 Å². The molecule has 2 aromatic carbocycles. The third kappa shape index (κ3) is 4.90.